The summed E-state index contributed by atoms with van der Waals surface area (Å²) < 4.78 is 10.5. The first kappa shape index (κ1) is 13.1. The second-order valence-corrected chi connectivity index (χ2v) is 3.84. The second-order valence-electron chi connectivity index (χ2n) is 3.45. The molecule has 1 N–H and O–H groups in total. The molecule has 0 aliphatic carbocycles. The Morgan fingerprint density at radius 1 is 1.32 bits per heavy atom. The number of carboxylic acid groups (broad SMARTS) is 1. The van der Waals surface area contributed by atoms with Crippen LogP contribution in [0.15, 0.2) is 30.6 Å². The zero-order chi connectivity index (χ0) is 13.8. The van der Waals surface area contributed by atoms with Crippen molar-refractivity contribution in [1.82, 2.24) is 9.97 Å². The van der Waals surface area contributed by atoms with Crippen LogP contribution in [0.3, 0.4) is 0 Å². The van der Waals surface area contributed by atoms with E-state index in [2.05, 4.69) is 9.97 Å². The maximum absolute atomic E-state index is 10.8. The summed E-state index contributed by atoms with van der Waals surface area (Å²) in [5, 5.41) is 9.08. The molecule has 0 unspecified atom stereocenters. The number of rotatable bonds is 4. The van der Waals surface area contributed by atoms with Crippen LogP contribution in [0.25, 0.3) is 0 Å². The van der Waals surface area contributed by atoms with Crippen molar-refractivity contribution < 1.29 is 19.4 Å². The molecule has 0 saturated heterocycles. The van der Waals surface area contributed by atoms with E-state index in [9.17, 15) is 4.79 Å². The second kappa shape index (κ2) is 5.53. The van der Waals surface area contributed by atoms with Crippen molar-refractivity contribution in [3.8, 4) is 17.4 Å². The Bertz CT molecular complexity index is 618. The lowest BCUT2D eigenvalue weighted by atomic mass is 10.2. The number of hydrogen-bond donors (Lipinski definition) is 1. The number of aromatic nitrogens is 2. The maximum atomic E-state index is 10.8. The van der Waals surface area contributed by atoms with Crippen LogP contribution in [0, 0.1) is 0 Å². The average Bonchev–Trinajstić information content (AvgIpc) is 2.39. The van der Waals surface area contributed by atoms with Crippen LogP contribution < -0.4 is 9.47 Å². The molecule has 0 fully saturated rings. The van der Waals surface area contributed by atoms with Gasteiger partial charge in [-0.2, -0.15) is 4.98 Å². The quantitative estimate of drug-likeness (QED) is 0.927. The predicted octanol–water partition coefficient (Wildman–Crippen LogP) is 2.63. The first-order valence-corrected chi connectivity index (χ1v) is 5.54. The van der Waals surface area contributed by atoms with E-state index in [1.165, 1.54) is 37.7 Å². The molecule has 0 aliphatic heterocycles. The normalized spacial score (nSPS) is 10.0. The van der Waals surface area contributed by atoms with Crippen molar-refractivity contribution in [2.75, 3.05) is 7.11 Å². The number of benzene rings is 1. The van der Waals surface area contributed by atoms with Gasteiger partial charge in [-0.25, -0.2) is 4.79 Å². The summed E-state index contributed by atoms with van der Waals surface area (Å²) in [5.74, 6) is -0.257. The van der Waals surface area contributed by atoms with Gasteiger partial charge in [-0.1, -0.05) is 11.6 Å². The monoisotopic (exact) mass is 280 g/mol. The van der Waals surface area contributed by atoms with Crippen molar-refractivity contribution in [2.45, 2.75) is 0 Å². The summed E-state index contributed by atoms with van der Waals surface area (Å²) in [6, 6.07) is 4.23. The molecule has 2 aromatic rings. The Hall–Kier alpha value is -2.34. The van der Waals surface area contributed by atoms with E-state index in [0.29, 0.717) is 5.75 Å². The number of aromatic carboxylic acids is 1. The first-order chi connectivity index (χ1) is 9.10. The van der Waals surface area contributed by atoms with Gasteiger partial charge in [0.05, 0.1) is 25.1 Å². The highest BCUT2D eigenvalue weighted by Crippen LogP contribution is 2.31. The number of methoxy groups -OCH3 is 1. The maximum Gasteiger partial charge on any atom is 0.335 e. The molecule has 0 saturated carbocycles. The van der Waals surface area contributed by atoms with Crippen LogP contribution >= 0.6 is 11.6 Å². The van der Waals surface area contributed by atoms with Gasteiger partial charge in [0.2, 0.25) is 5.88 Å². The minimum absolute atomic E-state index is 0.0985. The molecule has 7 heteroatoms. The van der Waals surface area contributed by atoms with Crippen molar-refractivity contribution in [3.05, 3.63) is 41.3 Å². The van der Waals surface area contributed by atoms with Crippen LogP contribution in [-0.4, -0.2) is 28.2 Å². The topological polar surface area (TPSA) is 81.5 Å². The minimum Gasteiger partial charge on any atom is -0.493 e. The number of carbonyl (C=O) groups is 1. The number of carboxylic acids is 1. The van der Waals surface area contributed by atoms with E-state index < -0.39 is 5.97 Å². The number of hydrogen-bond acceptors (Lipinski definition) is 5. The summed E-state index contributed by atoms with van der Waals surface area (Å²) in [6.07, 6.45) is 2.76. The third kappa shape index (κ3) is 3.11. The summed E-state index contributed by atoms with van der Waals surface area (Å²) in [5.41, 5.74) is 0.0985. The largest absolute Gasteiger partial charge is 0.493 e. The number of halogens is 1. The van der Waals surface area contributed by atoms with Crippen molar-refractivity contribution in [1.29, 1.82) is 0 Å². The molecule has 0 bridgehead atoms. The summed E-state index contributed by atoms with van der Waals surface area (Å²) in [7, 11) is 1.41. The molecule has 1 aromatic heterocycles. The van der Waals surface area contributed by atoms with E-state index in [1.54, 1.807) is 0 Å². The number of ether oxygens (including phenoxy) is 2. The van der Waals surface area contributed by atoms with E-state index in [0.717, 1.165) is 0 Å². The highest BCUT2D eigenvalue weighted by molar-refractivity contribution is 6.29. The Morgan fingerprint density at radius 2 is 2.11 bits per heavy atom. The fourth-order valence-electron chi connectivity index (χ4n) is 1.37. The molecule has 2 rings (SSSR count). The molecule has 1 heterocycles. The number of nitrogens with zero attached hydrogens (tertiary/aromatic N) is 2. The summed E-state index contributed by atoms with van der Waals surface area (Å²) >= 11 is 5.69. The van der Waals surface area contributed by atoms with Gasteiger partial charge >= 0.3 is 5.97 Å². The van der Waals surface area contributed by atoms with E-state index >= 15 is 0 Å². The Morgan fingerprint density at radius 3 is 2.74 bits per heavy atom. The van der Waals surface area contributed by atoms with Gasteiger partial charge in [0.25, 0.3) is 0 Å². The smallest absolute Gasteiger partial charge is 0.335 e. The van der Waals surface area contributed by atoms with Crippen LogP contribution in [0.1, 0.15) is 10.4 Å². The molecular weight excluding hydrogens is 272 g/mol. The third-order valence-corrected chi connectivity index (χ3v) is 2.39. The van der Waals surface area contributed by atoms with Crippen molar-refractivity contribution in [3.63, 3.8) is 0 Å². The van der Waals surface area contributed by atoms with Gasteiger partial charge in [-0.15, -0.1) is 0 Å². The lowest BCUT2D eigenvalue weighted by molar-refractivity contribution is 0.0696. The van der Waals surface area contributed by atoms with E-state index in [-0.39, 0.29) is 22.3 Å². The molecule has 0 aliphatic rings. The van der Waals surface area contributed by atoms with Gasteiger partial charge < -0.3 is 14.6 Å². The fourth-order valence-corrected chi connectivity index (χ4v) is 1.51. The zero-order valence-corrected chi connectivity index (χ0v) is 10.6. The Balaban J connectivity index is 2.32. The molecule has 0 spiro atoms. The highest BCUT2D eigenvalue weighted by atomic mass is 35.5. The highest BCUT2D eigenvalue weighted by Gasteiger charge is 2.11. The molecule has 6 nitrogen and oxygen atoms in total. The molecule has 0 amide bonds. The van der Waals surface area contributed by atoms with Gasteiger partial charge in [0, 0.05) is 0 Å². The Labute approximate surface area is 113 Å². The van der Waals surface area contributed by atoms with E-state index in [4.69, 9.17) is 26.2 Å². The molecular formula is C12H9ClN2O4. The predicted molar refractivity (Wildman–Crippen MR) is 67.1 cm³/mol. The SMILES string of the molecule is COc1cc(C(=O)O)ccc1Oc1cncc(Cl)n1. The summed E-state index contributed by atoms with van der Waals surface area (Å²) in [6.45, 7) is 0. The van der Waals surface area contributed by atoms with Crippen molar-refractivity contribution in [2.24, 2.45) is 0 Å². The molecule has 0 atom stereocenters. The zero-order valence-electron chi connectivity index (χ0n) is 9.83. The van der Waals surface area contributed by atoms with Crippen LogP contribution in [-0.2, 0) is 0 Å². The summed E-state index contributed by atoms with van der Waals surface area (Å²) in [4.78, 5) is 18.6. The third-order valence-electron chi connectivity index (χ3n) is 2.21. The van der Waals surface area contributed by atoms with Crippen LogP contribution in [0.5, 0.6) is 17.4 Å². The van der Waals surface area contributed by atoms with Gasteiger partial charge in [0.15, 0.2) is 16.7 Å². The first-order valence-electron chi connectivity index (χ1n) is 5.17. The van der Waals surface area contributed by atoms with Crippen molar-refractivity contribution >= 4 is 17.6 Å². The minimum atomic E-state index is -1.05. The fraction of sp³-hybridized carbons (Fsp3) is 0.0833. The lowest BCUT2D eigenvalue weighted by Gasteiger charge is -2.09. The van der Waals surface area contributed by atoms with Crippen LogP contribution in [0.2, 0.25) is 5.15 Å². The van der Waals surface area contributed by atoms with Gasteiger partial charge in [-0.05, 0) is 18.2 Å². The Kier molecular flexibility index (Phi) is 3.82. The van der Waals surface area contributed by atoms with E-state index in [1.807, 2.05) is 0 Å². The van der Waals surface area contributed by atoms with Gasteiger partial charge in [-0.3, -0.25) is 4.98 Å². The van der Waals surface area contributed by atoms with Gasteiger partial charge in [0.1, 0.15) is 0 Å². The average molecular weight is 281 g/mol. The molecule has 1 aromatic carbocycles. The van der Waals surface area contributed by atoms with Crippen LogP contribution in [0.4, 0.5) is 0 Å². The molecule has 19 heavy (non-hydrogen) atoms. The lowest BCUT2D eigenvalue weighted by Crippen LogP contribution is -1.99. The standard InChI is InChI=1S/C12H9ClN2O4/c1-18-9-4-7(12(16)17)2-3-8(9)19-11-6-14-5-10(13)15-11/h2-6H,1H3,(H,16,17). The molecule has 0 radical (unpaired) electrons. The molecule has 98 valence electrons.